The maximum atomic E-state index is 11.9. The van der Waals surface area contributed by atoms with E-state index in [-0.39, 0.29) is 24.3 Å². The van der Waals surface area contributed by atoms with Crippen LogP contribution in [0.1, 0.15) is 5.56 Å². The third kappa shape index (κ3) is 2.42. The molecule has 0 bridgehead atoms. The third-order valence-corrected chi connectivity index (χ3v) is 2.64. The molecule has 0 saturated heterocycles. The summed E-state index contributed by atoms with van der Waals surface area (Å²) in [6.07, 6.45) is 2.26. The molecule has 1 aliphatic rings. The summed E-state index contributed by atoms with van der Waals surface area (Å²) >= 11 is 0. The van der Waals surface area contributed by atoms with Crippen molar-refractivity contribution in [3.63, 3.8) is 0 Å². The van der Waals surface area contributed by atoms with Crippen molar-refractivity contribution in [3.8, 4) is 0 Å². The highest BCUT2D eigenvalue weighted by atomic mass is 16.2. The molecule has 8 heteroatoms. The molecule has 1 unspecified atom stereocenters. The van der Waals surface area contributed by atoms with Crippen LogP contribution in [-0.4, -0.2) is 29.3 Å². The summed E-state index contributed by atoms with van der Waals surface area (Å²) in [5.74, 6) is 5.59. The number of carbonyl (C=O) groups is 1. The van der Waals surface area contributed by atoms with E-state index >= 15 is 0 Å². The summed E-state index contributed by atoms with van der Waals surface area (Å²) < 4.78 is 0. The number of hydrazone groups is 1. The van der Waals surface area contributed by atoms with Crippen LogP contribution in [0.15, 0.2) is 28.5 Å². The Morgan fingerprint density at radius 2 is 2.56 bits per heavy atom. The van der Waals surface area contributed by atoms with Crippen molar-refractivity contribution in [2.75, 3.05) is 11.9 Å². The van der Waals surface area contributed by atoms with E-state index in [1.54, 1.807) is 6.20 Å². The Hall–Kier alpha value is -2.51. The zero-order valence-electron chi connectivity index (χ0n) is 9.55. The molecule has 5 N–H and O–H groups in total. The average molecular weight is 247 g/mol. The monoisotopic (exact) mass is 247 g/mol. The van der Waals surface area contributed by atoms with Gasteiger partial charge in [0.05, 0.1) is 6.54 Å². The number of fused-ring (bicyclic) bond motifs is 1. The van der Waals surface area contributed by atoms with Crippen molar-refractivity contribution in [1.82, 2.24) is 10.3 Å². The third-order valence-electron chi connectivity index (χ3n) is 2.64. The minimum atomic E-state index is -0.361. The molecule has 0 aliphatic carbocycles. The van der Waals surface area contributed by atoms with Gasteiger partial charge >= 0.3 is 0 Å². The molecule has 0 saturated carbocycles. The number of rotatable bonds is 3. The first-order valence-corrected chi connectivity index (χ1v) is 5.37. The number of nitrogens with one attached hydrogen (secondary N) is 3. The second kappa shape index (κ2) is 5.21. The van der Waals surface area contributed by atoms with Crippen LogP contribution in [0.3, 0.4) is 0 Å². The van der Waals surface area contributed by atoms with Crippen LogP contribution in [0.5, 0.6) is 0 Å². The second-order valence-electron chi connectivity index (χ2n) is 3.79. The molecular weight excluding hydrogens is 234 g/mol. The SMILES string of the molecule is N=N/C(CNC(=O)C1Cc2cccnc2N1)=N\N. The Morgan fingerprint density at radius 1 is 1.72 bits per heavy atom. The molecule has 1 amide bonds. The summed E-state index contributed by atoms with van der Waals surface area (Å²) in [6, 6.07) is 3.40. The number of amides is 1. The van der Waals surface area contributed by atoms with Crippen molar-refractivity contribution < 1.29 is 4.79 Å². The first kappa shape index (κ1) is 12.0. The van der Waals surface area contributed by atoms with Crippen molar-refractivity contribution >= 4 is 17.6 Å². The number of aromatic nitrogens is 1. The predicted molar refractivity (Wildman–Crippen MR) is 65.1 cm³/mol. The van der Waals surface area contributed by atoms with Gasteiger partial charge in [-0.05, 0) is 11.6 Å². The normalized spacial score (nSPS) is 17.8. The van der Waals surface area contributed by atoms with Gasteiger partial charge in [-0.2, -0.15) is 5.10 Å². The quantitative estimate of drug-likeness (QED) is 0.194. The Bertz CT molecular complexity index is 474. The van der Waals surface area contributed by atoms with Crippen molar-refractivity contribution in [3.05, 3.63) is 23.9 Å². The van der Waals surface area contributed by atoms with Crippen LogP contribution in [0.25, 0.3) is 0 Å². The van der Waals surface area contributed by atoms with Crippen molar-refractivity contribution in [1.29, 1.82) is 5.53 Å². The van der Waals surface area contributed by atoms with E-state index in [0.29, 0.717) is 6.42 Å². The maximum Gasteiger partial charge on any atom is 0.243 e. The topological polar surface area (TPSA) is 129 Å². The first-order valence-electron chi connectivity index (χ1n) is 5.37. The summed E-state index contributed by atoms with van der Waals surface area (Å²) in [7, 11) is 0. The minimum Gasteiger partial charge on any atom is -0.358 e. The van der Waals surface area contributed by atoms with Gasteiger partial charge in [0.25, 0.3) is 0 Å². The van der Waals surface area contributed by atoms with Crippen LogP contribution < -0.4 is 16.5 Å². The van der Waals surface area contributed by atoms with Gasteiger partial charge in [0.15, 0.2) is 5.84 Å². The van der Waals surface area contributed by atoms with Crippen LogP contribution >= 0.6 is 0 Å². The molecule has 0 aromatic carbocycles. The fourth-order valence-electron chi connectivity index (χ4n) is 1.73. The van der Waals surface area contributed by atoms with Gasteiger partial charge in [0.2, 0.25) is 5.91 Å². The van der Waals surface area contributed by atoms with E-state index in [2.05, 4.69) is 25.8 Å². The Balaban J connectivity index is 1.91. The van der Waals surface area contributed by atoms with Gasteiger partial charge in [-0.15, -0.1) is 5.11 Å². The Kier molecular flexibility index (Phi) is 3.46. The highest BCUT2D eigenvalue weighted by molar-refractivity contribution is 5.92. The minimum absolute atomic E-state index is 0.0424. The number of hydrogen-bond acceptors (Lipinski definition) is 6. The van der Waals surface area contributed by atoms with Crippen LogP contribution in [-0.2, 0) is 11.2 Å². The van der Waals surface area contributed by atoms with E-state index in [9.17, 15) is 4.79 Å². The lowest BCUT2D eigenvalue weighted by Crippen LogP contribution is -2.40. The molecular formula is C10H13N7O. The van der Waals surface area contributed by atoms with E-state index in [0.717, 1.165) is 11.4 Å². The lowest BCUT2D eigenvalue weighted by Gasteiger charge is -2.10. The largest absolute Gasteiger partial charge is 0.358 e. The number of pyridine rings is 1. The van der Waals surface area contributed by atoms with Gasteiger partial charge in [-0.3, -0.25) is 4.79 Å². The van der Waals surface area contributed by atoms with Crippen LogP contribution in [0.4, 0.5) is 5.82 Å². The molecule has 1 aromatic rings. The van der Waals surface area contributed by atoms with Gasteiger partial charge in [0.1, 0.15) is 11.9 Å². The molecule has 94 valence electrons. The average Bonchev–Trinajstić information content (AvgIpc) is 2.83. The summed E-state index contributed by atoms with van der Waals surface area (Å²) in [6.45, 7) is 0.0424. The van der Waals surface area contributed by atoms with Gasteiger partial charge in [-0.1, -0.05) is 6.07 Å². The zero-order valence-corrected chi connectivity index (χ0v) is 9.55. The highest BCUT2D eigenvalue weighted by Gasteiger charge is 2.27. The van der Waals surface area contributed by atoms with Gasteiger partial charge in [-0.25, -0.2) is 10.5 Å². The molecule has 0 spiro atoms. The fraction of sp³-hybridized carbons (Fsp3) is 0.300. The molecule has 1 atom stereocenters. The lowest BCUT2D eigenvalue weighted by atomic mass is 10.1. The van der Waals surface area contributed by atoms with E-state index in [4.69, 9.17) is 11.4 Å². The number of nitrogens with two attached hydrogens (primary N) is 1. The molecule has 0 radical (unpaired) electrons. The Labute approximate surface area is 103 Å². The standard InChI is InChI=1S/C10H13N7O/c11-16-8(17-12)5-14-10(18)7-4-6-2-1-3-13-9(6)15-7/h1-3,7,11H,4-5,12H2,(H,13,15)(H,14,18)/b16-11?,17-8-. The van der Waals surface area contributed by atoms with Crippen LogP contribution in [0, 0.1) is 5.53 Å². The smallest absolute Gasteiger partial charge is 0.243 e. The highest BCUT2D eigenvalue weighted by Crippen LogP contribution is 2.22. The van der Waals surface area contributed by atoms with E-state index in [1.165, 1.54) is 0 Å². The molecule has 18 heavy (non-hydrogen) atoms. The number of amidine groups is 1. The lowest BCUT2D eigenvalue weighted by molar-refractivity contribution is -0.121. The fourth-order valence-corrected chi connectivity index (χ4v) is 1.73. The van der Waals surface area contributed by atoms with Crippen molar-refractivity contribution in [2.45, 2.75) is 12.5 Å². The van der Waals surface area contributed by atoms with Crippen LogP contribution in [0.2, 0.25) is 0 Å². The van der Waals surface area contributed by atoms with E-state index in [1.807, 2.05) is 12.1 Å². The summed E-state index contributed by atoms with van der Waals surface area (Å²) in [5, 5.41) is 12.0. The van der Waals surface area contributed by atoms with Gasteiger partial charge < -0.3 is 16.5 Å². The molecule has 2 heterocycles. The van der Waals surface area contributed by atoms with E-state index < -0.39 is 0 Å². The Morgan fingerprint density at radius 3 is 3.22 bits per heavy atom. The zero-order chi connectivity index (χ0) is 13.0. The number of carbonyl (C=O) groups excluding carboxylic acids is 1. The second-order valence-corrected chi connectivity index (χ2v) is 3.79. The molecule has 1 aliphatic heterocycles. The number of hydrogen-bond donors (Lipinski definition) is 4. The first-order chi connectivity index (χ1) is 8.74. The van der Waals surface area contributed by atoms with Crippen molar-refractivity contribution in [2.24, 2.45) is 16.1 Å². The van der Waals surface area contributed by atoms with Gasteiger partial charge in [0, 0.05) is 12.6 Å². The molecule has 2 rings (SSSR count). The predicted octanol–water partition coefficient (Wildman–Crippen LogP) is -0.162. The molecule has 1 aromatic heterocycles. The molecule has 8 nitrogen and oxygen atoms in total. The summed E-state index contributed by atoms with van der Waals surface area (Å²) in [5.41, 5.74) is 7.77. The molecule has 0 fully saturated rings. The summed E-state index contributed by atoms with van der Waals surface area (Å²) in [4.78, 5) is 16.0. The number of anilines is 1. The maximum absolute atomic E-state index is 11.9. The number of nitrogens with zero attached hydrogens (tertiary/aromatic N) is 3.